The molecule has 0 aliphatic rings. The van der Waals surface area contributed by atoms with E-state index in [1.54, 1.807) is 0 Å². The summed E-state index contributed by atoms with van der Waals surface area (Å²) in [5.74, 6) is 3.91. The van der Waals surface area contributed by atoms with Crippen molar-refractivity contribution in [3.63, 3.8) is 0 Å². The molecular formula is C8H6BrF3N2O. The number of hydrazone groups is 1. The lowest BCUT2D eigenvalue weighted by atomic mass is 10.1. The Hall–Kier alpha value is -1.24. The Morgan fingerprint density at radius 3 is 2.47 bits per heavy atom. The number of benzene rings is 1. The van der Waals surface area contributed by atoms with Crippen molar-refractivity contribution in [1.82, 2.24) is 0 Å². The minimum Gasteiger partial charge on any atom is -0.507 e. The van der Waals surface area contributed by atoms with Crippen LogP contribution in [0, 0.1) is 0 Å². The van der Waals surface area contributed by atoms with E-state index < -0.39 is 17.5 Å². The third-order valence-electron chi connectivity index (χ3n) is 1.62. The van der Waals surface area contributed by atoms with E-state index in [0.29, 0.717) is 0 Å². The first-order valence-electron chi connectivity index (χ1n) is 3.69. The molecule has 0 aliphatic heterocycles. The predicted molar refractivity (Wildman–Crippen MR) is 52.6 cm³/mol. The molecule has 0 saturated carbocycles. The van der Waals surface area contributed by atoms with Crippen molar-refractivity contribution in [3.8, 4) is 5.75 Å². The standard InChI is InChI=1S/C8H6BrF3N2O/c9-5-1-4(3-14-13)7(15)6(2-5)8(10,11)12/h1-3,15H,13H2. The lowest BCUT2D eigenvalue weighted by molar-refractivity contribution is -0.138. The molecule has 82 valence electrons. The van der Waals surface area contributed by atoms with Gasteiger partial charge in [-0.1, -0.05) is 15.9 Å². The number of hydrogen-bond donors (Lipinski definition) is 2. The van der Waals surface area contributed by atoms with Crippen molar-refractivity contribution >= 4 is 22.1 Å². The molecule has 0 aromatic heterocycles. The molecule has 0 fully saturated rings. The maximum atomic E-state index is 12.4. The number of phenols is 1. The van der Waals surface area contributed by atoms with Crippen LogP contribution in [0.5, 0.6) is 5.75 Å². The van der Waals surface area contributed by atoms with Crippen LogP contribution in [0.1, 0.15) is 11.1 Å². The van der Waals surface area contributed by atoms with Crippen molar-refractivity contribution in [2.24, 2.45) is 10.9 Å². The van der Waals surface area contributed by atoms with Gasteiger partial charge in [0.05, 0.1) is 11.8 Å². The fourth-order valence-electron chi connectivity index (χ4n) is 1.02. The van der Waals surface area contributed by atoms with Gasteiger partial charge in [-0.2, -0.15) is 18.3 Å². The number of alkyl halides is 3. The van der Waals surface area contributed by atoms with Crippen LogP contribution in [0.2, 0.25) is 0 Å². The first kappa shape index (κ1) is 11.8. The first-order valence-corrected chi connectivity index (χ1v) is 4.48. The molecule has 3 nitrogen and oxygen atoms in total. The molecule has 15 heavy (non-hydrogen) atoms. The number of halogens is 4. The number of hydrogen-bond acceptors (Lipinski definition) is 3. The Kier molecular flexibility index (Phi) is 3.23. The second kappa shape index (κ2) is 4.09. The Morgan fingerprint density at radius 1 is 1.40 bits per heavy atom. The Balaban J connectivity index is 3.41. The molecule has 0 bridgehead atoms. The van der Waals surface area contributed by atoms with E-state index >= 15 is 0 Å². The summed E-state index contributed by atoms with van der Waals surface area (Å²) in [5.41, 5.74) is -1.23. The zero-order valence-corrected chi connectivity index (χ0v) is 8.80. The molecule has 0 unspecified atom stereocenters. The van der Waals surface area contributed by atoms with Crippen molar-refractivity contribution in [3.05, 3.63) is 27.7 Å². The monoisotopic (exact) mass is 282 g/mol. The van der Waals surface area contributed by atoms with Crippen molar-refractivity contribution < 1.29 is 18.3 Å². The second-order valence-corrected chi connectivity index (χ2v) is 3.58. The minimum absolute atomic E-state index is 0.0980. The number of nitrogens with two attached hydrogens (primary N) is 1. The van der Waals surface area contributed by atoms with E-state index in [2.05, 4.69) is 21.0 Å². The molecule has 1 aromatic carbocycles. The van der Waals surface area contributed by atoms with Gasteiger partial charge in [0.1, 0.15) is 5.75 Å². The molecule has 0 heterocycles. The van der Waals surface area contributed by atoms with Gasteiger partial charge < -0.3 is 10.9 Å². The molecular weight excluding hydrogens is 277 g/mol. The molecule has 1 rings (SSSR count). The quantitative estimate of drug-likeness (QED) is 0.472. The molecule has 0 saturated heterocycles. The summed E-state index contributed by atoms with van der Waals surface area (Å²) >= 11 is 2.90. The van der Waals surface area contributed by atoms with Crippen LogP contribution >= 0.6 is 15.9 Å². The van der Waals surface area contributed by atoms with Crippen LogP contribution in [0.3, 0.4) is 0 Å². The van der Waals surface area contributed by atoms with Crippen LogP contribution in [-0.2, 0) is 6.18 Å². The highest BCUT2D eigenvalue weighted by molar-refractivity contribution is 9.10. The van der Waals surface area contributed by atoms with Gasteiger partial charge in [0.15, 0.2) is 0 Å². The summed E-state index contributed by atoms with van der Waals surface area (Å²) in [5, 5.41) is 12.4. The maximum Gasteiger partial charge on any atom is 0.420 e. The lowest BCUT2D eigenvalue weighted by Crippen LogP contribution is -2.06. The topological polar surface area (TPSA) is 58.6 Å². The number of phenolic OH excluding ortho intramolecular Hbond substituents is 1. The summed E-state index contributed by atoms with van der Waals surface area (Å²) < 4.78 is 37.4. The fourth-order valence-corrected chi connectivity index (χ4v) is 1.49. The second-order valence-electron chi connectivity index (χ2n) is 2.67. The summed E-state index contributed by atoms with van der Waals surface area (Å²) in [6.45, 7) is 0. The molecule has 0 spiro atoms. The van der Waals surface area contributed by atoms with Crippen LogP contribution in [-0.4, -0.2) is 11.3 Å². The zero-order chi connectivity index (χ0) is 11.6. The van der Waals surface area contributed by atoms with Crippen molar-refractivity contribution in [2.75, 3.05) is 0 Å². The van der Waals surface area contributed by atoms with E-state index in [9.17, 15) is 18.3 Å². The smallest absolute Gasteiger partial charge is 0.420 e. The van der Waals surface area contributed by atoms with Crippen LogP contribution in [0.15, 0.2) is 21.7 Å². The van der Waals surface area contributed by atoms with Gasteiger partial charge in [-0.25, -0.2) is 0 Å². The van der Waals surface area contributed by atoms with E-state index in [-0.39, 0.29) is 10.0 Å². The number of aromatic hydroxyl groups is 1. The van der Waals surface area contributed by atoms with E-state index in [0.717, 1.165) is 12.3 Å². The zero-order valence-electron chi connectivity index (χ0n) is 7.22. The lowest BCUT2D eigenvalue weighted by Gasteiger charge is -2.11. The number of rotatable bonds is 1. The SMILES string of the molecule is NN=Cc1cc(Br)cc(C(F)(F)F)c1O. The van der Waals surface area contributed by atoms with Gasteiger partial charge in [0.25, 0.3) is 0 Å². The fraction of sp³-hybridized carbons (Fsp3) is 0.125. The molecule has 0 radical (unpaired) electrons. The normalized spacial score (nSPS) is 12.3. The van der Waals surface area contributed by atoms with Crippen molar-refractivity contribution in [1.29, 1.82) is 0 Å². The third-order valence-corrected chi connectivity index (χ3v) is 2.08. The average molecular weight is 283 g/mol. The van der Waals surface area contributed by atoms with Crippen LogP contribution < -0.4 is 5.84 Å². The average Bonchev–Trinajstić information content (AvgIpc) is 2.09. The minimum atomic E-state index is -4.62. The maximum absolute atomic E-state index is 12.4. The first-order chi connectivity index (χ1) is 6.86. The highest BCUT2D eigenvalue weighted by Gasteiger charge is 2.35. The predicted octanol–water partition coefficient (Wildman–Crippen LogP) is 2.47. The molecule has 0 aliphatic carbocycles. The molecule has 0 amide bonds. The van der Waals surface area contributed by atoms with Gasteiger partial charge in [-0.15, -0.1) is 0 Å². The van der Waals surface area contributed by atoms with Crippen molar-refractivity contribution in [2.45, 2.75) is 6.18 Å². The summed E-state index contributed by atoms with van der Waals surface area (Å²) in [6, 6.07) is 2.06. The molecule has 0 atom stereocenters. The Bertz CT molecular complexity index is 404. The highest BCUT2D eigenvalue weighted by atomic mass is 79.9. The molecule has 1 aromatic rings. The third kappa shape index (κ3) is 2.62. The van der Waals surface area contributed by atoms with Gasteiger partial charge in [-0.05, 0) is 12.1 Å². The van der Waals surface area contributed by atoms with E-state index in [4.69, 9.17) is 5.84 Å². The Labute approximate surface area is 91.5 Å². The summed E-state index contributed by atoms with van der Waals surface area (Å²) in [4.78, 5) is 0. The summed E-state index contributed by atoms with van der Waals surface area (Å²) in [6.07, 6.45) is -3.68. The van der Waals surface area contributed by atoms with Gasteiger partial charge in [0.2, 0.25) is 0 Å². The largest absolute Gasteiger partial charge is 0.507 e. The van der Waals surface area contributed by atoms with Crippen LogP contribution in [0.25, 0.3) is 0 Å². The number of nitrogens with zero attached hydrogens (tertiary/aromatic N) is 1. The van der Waals surface area contributed by atoms with Gasteiger partial charge in [-0.3, -0.25) is 0 Å². The van der Waals surface area contributed by atoms with E-state index in [1.165, 1.54) is 6.07 Å². The Morgan fingerprint density at radius 2 is 2.00 bits per heavy atom. The molecule has 3 N–H and O–H groups in total. The van der Waals surface area contributed by atoms with Gasteiger partial charge >= 0.3 is 6.18 Å². The van der Waals surface area contributed by atoms with E-state index in [1.807, 2.05) is 0 Å². The van der Waals surface area contributed by atoms with Crippen LogP contribution in [0.4, 0.5) is 13.2 Å². The van der Waals surface area contributed by atoms with Gasteiger partial charge in [0, 0.05) is 10.0 Å². The molecule has 7 heteroatoms. The summed E-state index contributed by atoms with van der Waals surface area (Å²) in [7, 11) is 0. The highest BCUT2D eigenvalue weighted by Crippen LogP contribution is 2.38.